The van der Waals surface area contributed by atoms with Crippen molar-refractivity contribution in [2.45, 2.75) is 31.4 Å². The molecule has 3 atom stereocenters. The molecule has 0 bridgehead atoms. The number of piperidine rings is 1. The van der Waals surface area contributed by atoms with Crippen LogP contribution >= 0.6 is 0 Å². The van der Waals surface area contributed by atoms with Crippen molar-refractivity contribution >= 4 is 5.91 Å². The van der Waals surface area contributed by atoms with Crippen LogP contribution in [0.5, 0.6) is 0 Å². The van der Waals surface area contributed by atoms with E-state index in [1.807, 2.05) is 6.92 Å². The van der Waals surface area contributed by atoms with Gasteiger partial charge < -0.3 is 10.0 Å². The molecule has 1 aromatic heterocycles. The highest BCUT2D eigenvalue weighted by atomic mass is 16.3. The molecule has 1 aromatic rings. The minimum Gasteiger partial charge on any atom is -0.388 e. The fraction of sp³-hybridized carbons (Fsp3) is 0.727. The second kappa shape index (κ2) is 3.53. The van der Waals surface area contributed by atoms with Crippen molar-refractivity contribution in [1.82, 2.24) is 19.7 Å². The van der Waals surface area contributed by atoms with Gasteiger partial charge in [0.2, 0.25) is 5.91 Å². The molecule has 2 aliphatic rings. The van der Waals surface area contributed by atoms with Gasteiger partial charge in [-0.1, -0.05) is 6.92 Å². The number of carbonyl (C=O) groups excluding carboxylic acids is 1. The van der Waals surface area contributed by atoms with Crippen molar-refractivity contribution in [2.75, 3.05) is 13.1 Å². The molecule has 1 saturated carbocycles. The van der Waals surface area contributed by atoms with Crippen LogP contribution in [-0.4, -0.2) is 49.4 Å². The van der Waals surface area contributed by atoms with Gasteiger partial charge in [0.25, 0.3) is 0 Å². The first-order chi connectivity index (χ1) is 8.14. The Hall–Kier alpha value is -1.43. The molecular weight excluding hydrogens is 220 g/mol. The molecule has 1 aliphatic heterocycles. The Balaban J connectivity index is 1.73. The zero-order chi connectivity index (χ0) is 12.0. The number of fused-ring (bicyclic) bond motifs is 1. The first-order valence-electron chi connectivity index (χ1n) is 5.99. The SMILES string of the molecule is CCC(C(=O)N1CC2CC2(O)C1)n1cncn1. The summed E-state index contributed by atoms with van der Waals surface area (Å²) in [6.45, 7) is 3.11. The summed E-state index contributed by atoms with van der Waals surface area (Å²) in [6.07, 6.45) is 4.53. The Morgan fingerprint density at radius 1 is 1.71 bits per heavy atom. The quantitative estimate of drug-likeness (QED) is 0.790. The number of nitrogens with zero attached hydrogens (tertiary/aromatic N) is 4. The maximum absolute atomic E-state index is 12.3. The largest absolute Gasteiger partial charge is 0.388 e. The van der Waals surface area contributed by atoms with Crippen LogP contribution in [0.1, 0.15) is 25.8 Å². The molecule has 92 valence electrons. The lowest BCUT2D eigenvalue weighted by atomic mass is 10.2. The van der Waals surface area contributed by atoms with Crippen molar-refractivity contribution in [2.24, 2.45) is 5.92 Å². The van der Waals surface area contributed by atoms with Gasteiger partial charge in [0.1, 0.15) is 18.7 Å². The first-order valence-corrected chi connectivity index (χ1v) is 5.99. The summed E-state index contributed by atoms with van der Waals surface area (Å²) in [6, 6.07) is -0.293. The second-order valence-electron chi connectivity index (χ2n) is 5.02. The van der Waals surface area contributed by atoms with E-state index in [-0.39, 0.29) is 11.9 Å². The number of aromatic nitrogens is 3. The van der Waals surface area contributed by atoms with E-state index >= 15 is 0 Å². The van der Waals surface area contributed by atoms with Crippen LogP contribution in [0.25, 0.3) is 0 Å². The van der Waals surface area contributed by atoms with E-state index in [0.29, 0.717) is 25.4 Å². The minimum absolute atomic E-state index is 0.0404. The van der Waals surface area contributed by atoms with Gasteiger partial charge >= 0.3 is 0 Å². The molecule has 0 aromatic carbocycles. The van der Waals surface area contributed by atoms with Crippen LogP contribution < -0.4 is 0 Å². The van der Waals surface area contributed by atoms with E-state index in [9.17, 15) is 9.90 Å². The van der Waals surface area contributed by atoms with Gasteiger partial charge in [-0.05, 0) is 12.8 Å². The summed E-state index contributed by atoms with van der Waals surface area (Å²) in [7, 11) is 0. The van der Waals surface area contributed by atoms with Crippen LogP contribution in [0, 0.1) is 5.92 Å². The van der Waals surface area contributed by atoms with Gasteiger partial charge in [-0.2, -0.15) is 5.10 Å². The Morgan fingerprint density at radius 3 is 3.06 bits per heavy atom. The van der Waals surface area contributed by atoms with Gasteiger partial charge in [-0.25, -0.2) is 9.67 Å². The number of carbonyl (C=O) groups is 1. The summed E-state index contributed by atoms with van der Waals surface area (Å²) >= 11 is 0. The summed E-state index contributed by atoms with van der Waals surface area (Å²) in [5.74, 6) is 0.332. The molecule has 17 heavy (non-hydrogen) atoms. The van der Waals surface area contributed by atoms with Gasteiger partial charge in [-0.3, -0.25) is 4.79 Å². The summed E-state index contributed by atoms with van der Waals surface area (Å²) < 4.78 is 1.59. The Kier molecular flexibility index (Phi) is 2.22. The standard InChI is InChI=1S/C11H16N4O2/c1-2-9(15-7-12-6-13-15)10(16)14-4-8-3-11(8,17)5-14/h6-9,17H,2-5H2,1H3. The Labute approximate surface area is 99.2 Å². The topological polar surface area (TPSA) is 71.2 Å². The summed E-state index contributed by atoms with van der Waals surface area (Å²) in [5, 5.41) is 14.0. The van der Waals surface area contributed by atoms with Crippen LogP contribution in [0.3, 0.4) is 0 Å². The molecule has 1 saturated heterocycles. The molecule has 1 N–H and O–H groups in total. The van der Waals surface area contributed by atoms with E-state index < -0.39 is 5.60 Å². The molecule has 3 unspecified atom stereocenters. The third-order valence-electron chi connectivity index (χ3n) is 3.84. The molecule has 0 spiro atoms. The van der Waals surface area contributed by atoms with Crippen molar-refractivity contribution < 1.29 is 9.90 Å². The highest BCUT2D eigenvalue weighted by molar-refractivity contribution is 5.81. The van der Waals surface area contributed by atoms with E-state index in [0.717, 1.165) is 6.42 Å². The normalized spacial score (nSPS) is 32.4. The number of hydrogen-bond acceptors (Lipinski definition) is 4. The van der Waals surface area contributed by atoms with Gasteiger partial charge in [0.05, 0.1) is 5.60 Å². The Bertz CT molecular complexity index is 433. The predicted molar refractivity (Wildman–Crippen MR) is 59.0 cm³/mol. The van der Waals surface area contributed by atoms with Crippen LogP contribution in [-0.2, 0) is 4.79 Å². The number of rotatable bonds is 3. The lowest BCUT2D eigenvalue weighted by Gasteiger charge is -2.24. The molecule has 2 heterocycles. The van der Waals surface area contributed by atoms with Gasteiger partial charge in [0, 0.05) is 19.0 Å². The monoisotopic (exact) mass is 236 g/mol. The van der Waals surface area contributed by atoms with Crippen LogP contribution in [0.2, 0.25) is 0 Å². The number of aliphatic hydroxyl groups is 1. The fourth-order valence-electron chi connectivity index (χ4n) is 2.69. The lowest BCUT2D eigenvalue weighted by Crippen LogP contribution is -2.38. The van der Waals surface area contributed by atoms with Gasteiger partial charge in [-0.15, -0.1) is 0 Å². The molecule has 6 heteroatoms. The molecule has 6 nitrogen and oxygen atoms in total. The van der Waals surface area contributed by atoms with Crippen LogP contribution in [0.15, 0.2) is 12.7 Å². The van der Waals surface area contributed by atoms with Crippen molar-refractivity contribution in [3.05, 3.63) is 12.7 Å². The average molecular weight is 236 g/mol. The second-order valence-corrected chi connectivity index (χ2v) is 5.02. The molecule has 1 amide bonds. The lowest BCUT2D eigenvalue weighted by molar-refractivity contribution is -0.135. The zero-order valence-corrected chi connectivity index (χ0v) is 9.78. The first kappa shape index (κ1) is 10.7. The van der Waals surface area contributed by atoms with Crippen LogP contribution in [0.4, 0.5) is 0 Å². The molecule has 3 rings (SSSR count). The van der Waals surface area contributed by atoms with E-state index in [1.165, 1.54) is 6.33 Å². The van der Waals surface area contributed by atoms with Crippen molar-refractivity contribution in [1.29, 1.82) is 0 Å². The minimum atomic E-state index is -0.587. The predicted octanol–water partition coefficient (Wildman–Crippen LogP) is -0.178. The highest BCUT2D eigenvalue weighted by Crippen LogP contribution is 2.49. The molecule has 2 fully saturated rings. The maximum Gasteiger partial charge on any atom is 0.247 e. The Morgan fingerprint density at radius 2 is 2.53 bits per heavy atom. The summed E-state index contributed by atoms with van der Waals surface area (Å²) in [5.41, 5.74) is -0.587. The highest BCUT2D eigenvalue weighted by Gasteiger charge is 2.60. The molecule has 0 radical (unpaired) electrons. The van der Waals surface area contributed by atoms with Gasteiger partial charge in [0.15, 0.2) is 0 Å². The van der Waals surface area contributed by atoms with Crippen molar-refractivity contribution in [3.8, 4) is 0 Å². The number of likely N-dealkylation sites (tertiary alicyclic amines) is 1. The van der Waals surface area contributed by atoms with Crippen molar-refractivity contribution in [3.63, 3.8) is 0 Å². The third kappa shape index (κ3) is 1.63. The average Bonchev–Trinajstić information content (AvgIpc) is 2.76. The zero-order valence-electron chi connectivity index (χ0n) is 9.78. The van der Waals surface area contributed by atoms with E-state index in [2.05, 4.69) is 10.1 Å². The number of β-amino-alcohol motifs (C(OH)–C–C–N with tert-alkyl or cyclic N) is 1. The smallest absolute Gasteiger partial charge is 0.247 e. The molecular formula is C11H16N4O2. The van der Waals surface area contributed by atoms with E-state index in [1.54, 1.807) is 15.9 Å². The van der Waals surface area contributed by atoms with E-state index in [4.69, 9.17) is 0 Å². The third-order valence-corrected chi connectivity index (χ3v) is 3.84. The molecule has 1 aliphatic carbocycles. The maximum atomic E-state index is 12.3. The fourth-order valence-corrected chi connectivity index (χ4v) is 2.69. The number of amides is 1. The number of hydrogen-bond donors (Lipinski definition) is 1. The summed E-state index contributed by atoms with van der Waals surface area (Å²) in [4.78, 5) is 17.9.